The van der Waals surface area contributed by atoms with E-state index in [0.29, 0.717) is 41.7 Å². The van der Waals surface area contributed by atoms with Crippen LogP contribution in [-0.4, -0.2) is 101 Å². The smallest absolute Gasteiger partial charge is 0.275 e. The fraction of sp³-hybridized carbons (Fsp3) is 0.609. The van der Waals surface area contributed by atoms with Gasteiger partial charge < -0.3 is 63.0 Å². The van der Waals surface area contributed by atoms with Crippen molar-refractivity contribution in [2.75, 3.05) is 80.7 Å². The number of quaternary nitrogens is 2. The number of likely N-dealkylation sites (N-methyl/N-ethyl adjacent to an activating group) is 2. The molecule has 0 saturated heterocycles. The highest BCUT2D eigenvalue weighted by Gasteiger charge is 2.21. The predicted octanol–water partition coefficient (Wildman–Crippen LogP) is 2.68. The van der Waals surface area contributed by atoms with Gasteiger partial charge in [-0.05, 0) is 92.3 Å². The van der Waals surface area contributed by atoms with E-state index in [-0.39, 0.29) is 45.8 Å². The van der Waals surface area contributed by atoms with Gasteiger partial charge in [-0.2, -0.15) is 0 Å². The number of benzene rings is 2. The SMILES string of the molecule is C=CCc1ccc(OCCCC[N+](C)(C)CC(=O)NCCCCCC)c(-c2ccc(OCCCC[N+](C)(C)CC(=O)NCCCCCC)c(CC=C)c2)c1.[Br-].[Br-]. The van der Waals surface area contributed by atoms with Gasteiger partial charge >= 0.3 is 0 Å². The van der Waals surface area contributed by atoms with Crippen LogP contribution in [0.3, 0.4) is 0 Å². The number of amides is 2. The summed E-state index contributed by atoms with van der Waals surface area (Å²) in [6.07, 6.45) is 18.4. The van der Waals surface area contributed by atoms with E-state index >= 15 is 0 Å². The van der Waals surface area contributed by atoms with Crippen LogP contribution in [0.25, 0.3) is 11.1 Å². The molecule has 2 amide bonds. The van der Waals surface area contributed by atoms with Crippen LogP contribution in [0.5, 0.6) is 11.5 Å². The van der Waals surface area contributed by atoms with Gasteiger partial charge in [-0.1, -0.05) is 76.7 Å². The lowest BCUT2D eigenvalue weighted by atomic mass is 9.97. The quantitative estimate of drug-likeness (QED) is 0.0695. The van der Waals surface area contributed by atoms with Gasteiger partial charge in [0.05, 0.1) is 54.5 Å². The first kappa shape index (κ1) is 53.3. The summed E-state index contributed by atoms with van der Waals surface area (Å²) in [7, 11) is 8.50. The molecular formula is C46H76Br2N4O4. The number of rotatable bonds is 31. The third-order valence-corrected chi connectivity index (χ3v) is 9.84. The summed E-state index contributed by atoms with van der Waals surface area (Å²) in [5.74, 6) is 2.01. The molecule has 0 aliphatic rings. The summed E-state index contributed by atoms with van der Waals surface area (Å²) < 4.78 is 14.1. The summed E-state index contributed by atoms with van der Waals surface area (Å²) in [6.45, 7) is 17.9. The first-order valence-corrected chi connectivity index (χ1v) is 20.8. The van der Waals surface area contributed by atoms with Crippen molar-refractivity contribution in [2.24, 2.45) is 0 Å². The average molecular weight is 909 g/mol. The van der Waals surface area contributed by atoms with Crippen molar-refractivity contribution >= 4 is 11.8 Å². The molecule has 0 aromatic heterocycles. The maximum absolute atomic E-state index is 12.5. The Labute approximate surface area is 362 Å². The van der Waals surface area contributed by atoms with Crippen molar-refractivity contribution in [1.29, 1.82) is 0 Å². The monoisotopic (exact) mass is 906 g/mol. The standard InChI is InChI=1S/C46H74N4O4.2BrH/c1-9-13-15-17-29-47-45(51)37-49(5,6)31-19-21-33-53-43-28-26-40(36-41(43)24-12-4)42-35-39(23-11-3)25-27-44(42)54-34-22-20-32-50(7,8)38-46(52)48-30-18-16-14-10-2;;/h11-12,25-28,35-36H,3-4,9-10,13-24,29-34,37-38H2,1-2,5-8H3;2*1H. The largest absolute Gasteiger partial charge is 1.00 e. The fourth-order valence-electron chi connectivity index (χ4n) is 6.68. The highest BCUT2D eigenvalue weighted by molar-refractivity contribution is 5.77. The van der Waals surface area contributed by atoms with E-state index < -0.39 is 0 Å². The molecule has 2 aromatic carbocycles. The number of ether oxygens (including phenoxy) is 2. The normalized spacial score (nSPS) is 11.2. The number of nitrogens with zero attached hydrogens (tertiary/aromatic N) is 2. The van der Waals surface area contributed by atoms with E-state index in [1.165, 1.54) is 44.1 Å². The Morgan fingerprint density at radius 3 is 1.62 bits per heavy atom. The molecule has 0 unspecified atom stereocenters. The Balaban J connectivity index is 0.0000151. The maximum atomic E-state index is 12.5. The second kappa shape index (κ2) is 30.4. The molecule has 0 aliphatic heterocycles. The molecular weight excluding hydrogens is 832 g/mol. The molecule has 2 N–H and O–H groups in total. The lowest BCUT2D eigenvalue weighted by molar-refractivity contribution is -0.882. The van der Waals surface area contributed by atoms with Gasteiger partial charge in [0.15, 0.2) is 13.1 Å². The number of allylic oxidation sites excluding steroid dienone is 2. The molecule has 2 aromatic rings. The Hall–Kier alpha value is -2.66. The van der Waals surface area contributed by atoms with E-state index in [1.807, 2.05) is 12.2 Å². The molecule has 318 valence electrons. The number of halogens is 2. The van der Waals surface area contributed by atoms with Gasteiger partial charge in [-0.3, -0.25) is 9.59 Å². The van der Waals surface area contributed by atoms with Crippen LogP contribution in [0.1, 0.15) is 102 Å². The summed E-state index contributed by atoms with van der Waals surface area (Å²) in [4.78, 5) is 25.0. The van der Waals surface area contributed by atoms with E-state index in [9.17, 15) is 9.59 Å². The Morgan fingerprint density at radius 1 is 0.625 bits per heavy atom. The average Bonchev–Trinajstić information content (AvgIpc) is 3.12. The second-order valence-electron chi connectivity index (χ2n) is 16.2. The van der Waals surface area contributed by atoms with Crippen molar-refractivity contribution in [3.8, 4) is 22.6 Å². The Bertz CT molecular complexity index is 1420. The van der Waals surface area contributed by atoms with Crippen LogP contribution in [0.4, 0.5) is 0 Å². The summed E-state index contributed by atoms with van der Waals surface area (Å²) in [5, 5.41) is 6.18. The number of nitrogens with one attached hydrogen (secondary N) is 2. The number of carbonyl (C=O) groups is 2. The van der Waals surface area contributed by atoms with E-state index in [1.54, 1.807) is 0 Å². The number of hydrogen-bond acceptors (Lipinski definition) is 4. The lowest BCUT2D eigenvalue weighted by Gasteiger charge is -2.29. The van der Waals surface area contributed by atoms with Gasteiger partial charge in [0, 0.05) is 18.7 Å². The van der Waals surface area contributed by atoms with Crippen molar-refractivity contribution in [1.82, 2.24) is 10.6 Å². The Kier molecular flexibility index (Phi) is 29.0. The van der Waals surface area contributed by atoms with Crippen LogP contribution in [0.2, 0.25) is 0 Å². The van der Waals surface area contributed by atoms with Crippen LogP contribution in [0.15, 0.2) is 61.7 Å². The van der Waals surface area contributed by atoms with E-state index in [0.717, 1.165) is 99.3 Å². The van der Waals surface area contributed by atoms with Crippen molar-refractivity contribution in [3.05, 3.63) is 72.8 Å². The zero-order valence-corrected chi connectivity index (χ0v) is 39.0. The summed E-state index contributed by atoms with van der Waals surface area (Å²) in [6, 6.07) is 12.8. The zero-order valence-electron chi connectivity index (χ0n) is 35.9. The van der Waals surface area contributed by atoms with Gasteiger partial charge in [0.2, 0.25) is 0 Å². The van der Waals surface area contributed by atoms with Gasteiger partial charge in [-0.25, -0.2) is 0 Å². The molecule has 0 saturated carbocycles. The molecule has 0 heterocycles. The number of unbranched alkanes of at least 4 members (excludes halogenated alkanes) is 8. The number of hydrogen-bond donors (Lipinski definition) is 2. The van der Waals surface area contributed by atoms with Gasteiger partial charge in [0.1, 0.15) is 11.5 Å². The van der Waals surface area contributed by atoms with Crippen LogP contribution >= 0.6 is 0 Å². The molecule has 0 fully saturated rings. The second-order valence-corrected chi connectivity index (χ2v) is 16.2. The minimum Gasteiger partial charge on any atom is -1.00 e. The topological polar surface area (TPSA) is 76.7 Å². The first-order chi connectivity index (χ1) is 25.9. The van der Waals surface area contributed by atoms with Crippen LogP contribution in [-0.2, 0) is 22.4 Å². The third kappa shape index (κ3) is 22.9. The fourth-order valence-corrected chi connectivity index (χ4v) is 6.68. The molecule has 0 radical (unpaired) electrons. The minimum atomic E-state index is 0. The van der Waals surface area contributed by atoms with Crippen LogP contribution in [0, 0.1) is 0 Å². The number of carbonyl (C=O) groups excluding carboxylic acids is 2. The molecule has 0 atom stereocenters. The molecule has 0 spiro atoms. The Morgan fingerprint density at radius 2 is 1.12 bits per heavy atom. The van der Waals surface area contributed by atoms with Gasteiger partial charge in [-0.15, -0.1) is 13.2 Å². The molecule has 0 aliphatic carbocycles. The van der Waals surface area contributed by atoms with E-state index in [4.69, 9.17) is 9.47 Å². The summed E-state index contributed by atoms with van der Waals surface area (Å²) >= 11 is 0. The van der Waals surface area contributed by atoms with Crippen molar-refractivity contribution < 1.29 is 62.0 Å². The predicted molar refractivity (Wildman–Crippen MR) is 227 cm³/mol. The molecule has 56 heavy (non-hydrogen) atoms. The van der Waals surface area contributed by atoms with E-state index in [2.05, 4.69) is 102 Å². The maximum Gasteiger partial charge on any atom is 0.275 e. The molecule has 2 rings (SSSR count). The first-order valence-electron chi connectivity index (χ1n) is 20.8. The minimum absolute atomic E-state index is 0. The molecule has 0 bridgehead atoms. The lowest BCUT2D eigenvalue weighted by Crippen LogP contribution is -3.00. The zero-order chi connectivity index (χ0) is 39.7. The summed E-state index contributed by atoms with van der Waals surface area (Å²) in [5.41, 5.74) is 4.43. The molecule has 8 nitrogen and oxygen atoms in total. The highest BCUT2D eigenvalue weighted by Crippen LogP contribution is 2.35. The van der Waals surface area contributed by atoms with Crippen LogP contribution < -0.4 is 54.1 Å². The van der Waals surface area contributed by atoms with Gasteiger partial charge in [0.25, 0.3) is 11.8 Å². The van der Waals surface area contributed by atoms with Crippen molar-refractivity contribution in [3.63, 3.8) is 0 Å². The van der Waals surface area contributed by atoms with Crippen molar-refractivity contribution in [2.45, 2.75) is 104 Å². The third-order valence-electron chi connectivity index (χ3n) is 9.84. The highest BCUT2D eigenvalue weighted by atomic mass is 79.9. The molecule has 10 heteroatoms.